The Morgan fingerprint density at radius 1 is 1.16 bits per heavy atom. The molecule has 300 valence electrons. The summed E-state index contributed by atoms with van der Waals surface area (Å²) in [6, 6.07) is 11.5. The van der Waals surface area contributed by atoms with Gasteiger partial charge in [0.1, 0.15) is 27.8 Å². The highest BCUT2D eigenvalue weighted by molar-refractivity contribution is 7.92. The summed E-state index contributed by atoms with van der Waals surface area (Å²) in [5.41, 5.74) is 3.32. The van der Waals surface area contributed by atoms with Gasteiger partial charge in [0.15, 0.2) is 6.29 Å². The van der Waals surface area contributed by atoms with Gasteiger partial charge in [-0.15, -0.1) is 9.46 Å². The van der Waals surface area contributed by atoms with Crippen LogP contribution in [0.1, 0.15) is 70.9 Å². The van der Waals surface area contributed by atoms with Crippen LogP contribution in [0.15, 0.2) is 59.1 Å². The number of aromatic nitrogens is 2. The van der Waals surface area contributed by atoms with Crippen molar-refractivity contribution in [2.45, 2.75) is 63.3 Å². The fraction of sp³-hybridized carbons (Fsp3) is 0.537. The average molecular weight is 808 g/mol. The number of fused-ring (bicyclic) bond motifs is 4. The van der Waals surface area contributed by atoms with Gasteiger partial charge in [-0.05, 0) is 97.7 Å². The average Bonchev–Trinajstić information content (AvgIpc) is 3.79. The minimum absolute atomic E-state index is 0.0179. The summed E-state index contributed by atoms with van der Waals surface area (Å²) in [6.07, 6.45) is 10.6. The Hall–Kier alpha value is -3.95. The Balaban J connectivity index is 1.15. The first-order valence-electron chi connectivity index (χ1n) is 19.5. The second-order valence-corrected chi connectivity index (χ2v) is 18.3. The monoisotopic (exact) mass is 807 g/mol. The van der Waals surface area contributed by atoms with E-state index in [0.29, 0.717) is 50.4 Å². The normalized spacial score (nSPS) is 29.9. The summed E-state index contributed by atoms with van der Waals surface area (Å²) < 4.78 is 52.6. The van der Waals surface area contributed by atoms with Gasteiger partial charge in [0.05, 0.1) is 37.4 Å². The van der Waals surface area contributed by atoms with Gasteiger partial charge in [-0.25, -0.2) is 4.21 Å². The molecule has 1 saturated heterocycles. The summed E-state index contributed by atoms with van der Waals surface area (Å²) in [6.45, 7) is 4.77. The van der Waals surface area contributed by atoms with E-state index in [4.69, 9.17) is 35.3 Å². The number of amides is 2. The zero-order valence-electron chi connectivity index (χ0n) is 32.1. The van der Waals surface area contributed by atoms with Crippen LogP contribution in [-0.4, -0.2) is 90.6 Å². The van der Waals surface area contributed by atoms with Crippen LogP contribution in [0.4, 0.5) is 5.69 Å². The number of benzene rings is 2. The molecule has 1 N–H and O–H groups in total. The maximum absolute atomic E-state index is 14.8. The zero-order chi connectivity index (χ0) is 39.0. The van der Waals surface area contributed by atoms with Crippen molar-refractivity contribution in [1.82, 2.24) is 14.5 Å². The van der Waals surface area contributed by atoms with Crippen molar-refractivity contribution in [3.05, 3.63) is 82.0 Å². The van der Waals surface area contributed by atoms with Crippen molar-refractivity contribution in [2.75, 3.05) is 57.3 Å². The van der Waals surface area contributed by atoms with Gasteiger partial charge in [-0.3, -0.25) is 19.0 Å². The van der Waals surface area contributed by atoms with E-state index in [1.165, 1.54) is 22.0 Å². The van der Waals surface area contributed by atoms with E-state index in [-0.39, 0.29) is 46.8 Å². The highest BCUT2D eigenvalue weighted by Crippen LogP contribution is 2.47. The van der Waals surface area contributed by atoms with Gasteiger partial charge in [0, 0.05) is 49.4 Å². The van der Waals surface area contributed by atoms with Crippen molar-refractivity contribution in [3.63, 3.8) is 0 Å². The number of carbonyl (C=O) groups is 2. The summed E-state index contributed by atoms with van der Waals surface area (Å²) in [5, 5.41) is 5.01. The number of rotatable bonds is 6. The van der Waals surface area contributed by atoms with Crippen molar-refractivity contribution in [3.8, 4) is 11.6 Å². The number of nitrogens with zero attached hydrogens (tertiary/aromatic N) is 4. The van der Waals surface area contributed by atoms with E-state index in [0.717, 1.165) is 49.4 Å². The van der Waals surface area contributed by atoms with Gasteiger partial charge < -0.3 is 28.6 Å². The standard InChI is InChI=1S/C41H50ClN5O8S/c1-26-6-4-8-35(51-3)31-12-9-29(31)20-47-24-41(15-5-7-27-18-30(42)11-13-33(27)41)25-55-36-14-10-28(19-34(36)47)38(48)44-56(50,23-26)45-39(49)32-21-46(2)43-40(32)54-22-37-52-16-17-53-37/h4,8,10-11,13-14,18-19,21,26,29,31,35,37H,5-7,9,12,15-17,20,22-25H2,1-3H3,(H,44,45,48,49,50)/b8-4-/t26-,29-,31+,35-,41-,56?/m0/s1. The lowest BCUT2D eigenvalue weighted by Gasteiger charge is -2.46. The highest BCUT2D eigenvalue weighted by Gasteiger charge is 2.44. The molecule has 2 amide bonds. The number of halogens is 1. The maximum atomic E-state index is 14.8. The topological polar surface area (TPSA) is 143 Å². The summed E-state index contributed by atoms with van der Waals surface area (Å²) >= 11 is 6.47. The third-order valence-electron chi connectivity index (χ3n) is 11.9. The van der Waals surface area contributed by atoms with Crippen LogP contribution in [0, 0.1) is 17.8 Å². The molecule has 0 radical (unpaired) electrons. The number of hydrogen-bond donors (Lipinski definition) is 1. The number of hydrogen-bond acceptors (Lipinski definition) is 10. The van der Waals surface area contributed by atoms with E-state index in [9.17, 15) is 13.8 Å². The van der Waals surface area contributed by atoms with Crippen LogP contribution in [0.25, 0.3) is 0 Å². The van der Waals surface area contributed by atoms with Crippen LogP contribution in [0.5, 0.6) is 11.6 Å². The third-order valence-corrected chi connectivity index (χ3v) is 14.1. The van der Waals surface area contributed by atoms with Gasteiger partial charge in [-0.1, -0.05) is 36.7 Å². The first kappa shape index (κ1) is 38.9. The molecule has 4 heterocycles. The lowest BCUT2D eigenvalue weighted by atomic mass is 9.68. The predicted octanol–water partition coefficient (Wildman–Crippen LogP) is 5.89. The van der Waals surface area contributed by atoms with Crippen LogP contribution < -0.4 is 19.1 Å². The number of carbonyl (C=O) groups excluding carboxylic acids is 2. The summed E-state index contributed by atoms with van der Waals surface area (Å²) in [5.74, 6) is -0.310. The predicted molar refractivity (Wildman–Crippen MR) is 212 cm³/mol. The quantitative estimate of drug-likeness (QED) is 0.300. The molecule has 1 unspecified atom stereocenters. The molecule has 6 atom stereocenters. The fourth-order valence-electron chi connectivity index (χ4n) is 8.95. The number of allylic oxidation sites excluding steroid dienone is 1. The Bertz CT molecular complexity index is 2130. The first-order valence-corrected chi connectivity index (χ1v) is 21.6. The van der Waals surface area contributed by atoms with Crippen LogP contribution in [0.2, 0.25) is 5.02 Å². The summed E-state index contributed by atoms with van der Waals surface area (Å²) in [4.78, 5) is 30.4. The first-order chi connectivity index (χ1) is 27.0. The van der Waals surface area contributed by atoms with Crippen molar-refractivity contribution in [2.24, 2.45) is 29.2 Å². The third kappa shape index (κ3) is 8.08. The van der Waals surface area contributed by atoms with Gasteiger partial charge in [-0.2, -0.15) is 0 Å². The molecule has 2 aromatic carbocycles. The van der Waals surface area contributed by atoms with E-state index >= 15 is 0 Å². The molecule has 5 aliphatic rings. The molecular formula is C41H50ClN5O8S. The van der Waals surface area contributed by atoms with Crippen molar-refractivity contribution in [1.29, 1.82) is 0 Å². The minimum atomic E-state index is -3.67. The van der Waals surface area contributed by atoms with Gasteiger partial charge >= 0.3 is 0 Å². The molecule has 2 fully saturated rings. The smallest absolute Gasteiger partial charge is 0.286 e. The minimum Gasteiger partial charge on any atom is -0.490 e. The molecule has 3 aromatic rings. The number of methoxy groups -OCH3 is 1. The molecule has 15 heteroatoms. The maximum Gasteiger partial charge on any atom is 0.286 e. The molecule has 56 heavy (non-hydrogen) atoms. The van der Waals surface area contributed by atoms with Crippen LogP contribution in [-0.2, 0) is 43.0 Å². The lowest BCUT2D eigenvalue weighted by Crippen LogP contribution is -2.49. The Morgan fingerprint density at radius 2 is 2.00 bits per heavy atom. The largest absolute Gasteiger partial charge is 0.490 e. The second-order valence-electron chi connectivity index (χ2n) is 15.9. The molecular weight excluding hydrogens is 758 g/mol. The van der Waals surface area contributed by atoms with E-state index in [1.54, 1.807) is 20.2 Å². The second kappa shape index (κ2) is 16.1. The Morgan fingerprint density at radius 3 is 2.79 bits per heavy atom. The molecule has 1 spiro atoms. The molecule has 1 aromatic heterocycles. The molecule has 13 nitrogen and oxygen atoms in total. The number of aryl methyl sites for hydroxylation is 2. The lowest BCUT2D eigenvalue weighted by molar-refractivity contribution is -0.0693. The highest BCUT2D eigenvalue weighted by atomic mass is 35.5. The Labute approximate surface area is 333 Å². The van der Waals surface area contributed by atoms with Gasteiger partial charge in [0.2, 0.25) is 5.88 Å². The van der Waals surface area contributed by atoms with E-state index in [1.807, 2.05) is 25.1 Å². The van der Waals surface area contributed by atoms with E-state index in [2.05, 4.69) is 43.4 Å². The molecule has 2 bridgehead atoms. The van der Waals surface area contributed by atoms with Crippen LogP contribution >= 0.6 is 11.6 Å². The molecule has 8 rings (SSSR count). The Kier molecular flexibility index (Phi) is 11.2. The molecule has 3 aliphatic heterocycles. The van der Waals surface area contributed by atoms with Gasteiger partial charge in [0.25, 0.3) is 11.8 Å². The van der Waals surface area contributed by atoms with Crippen LogP contribution in [0.3, 0.4) is 0 Å². The molecule has 2 aliphatic carbocycles. The zero-order valence-corrected chi connectivity index (χ0v) is 33.7. The van der Waals surface area contributed by atoms with E-state index < -0.39 is 28.0 Å². The SMILES string of the molecule is CO[C@H]1/C=C\C[C@H](C)CS(=O)(NC(=O)c2cn(C)nc2OCC2OCCO2)=NC(=O)c2ccc3c(c2)N(C[C@@H]2CC[C@H]21)C[C@@]1(CCCc2cc(Cl)ccc21)CO3. The number of ether oxygens (including phenoxy) is 5. The van der Waals surface area contributed by atoms with Crippen molar-refractivity contribution >= 4 is 39.0 Å². The summed E-state index contributed by atoms with van der Waals surface area (Å²) in [7, 11) is -0.263. The molecule has 1 saturated carbocycles. The number of nitrogens with one attached hydrogen (secondary N) is 1. The number of anilines is 1. The van der Waals surface area contributed by atoms with Crippen molar-refractivity contribution < 1.29 is 37.5 Å². The fourth-order valence-corrected chi connectivity index (χ4v) is 11.0.